The fourth-order valence-electron chi connectivity index (χ4n) is 8.39. The summed E-state index contributed by atoms with van der Waals surface area (Å²) in [6.45, 7) is 0. The topological polar surface area (TPSA) is 22.8 Å². The van der Waals surface area contributed by atoms with Gasteiger partial charge in [-0.25, -0.2) is 4.98 Å². The summed E-state index contributed by atoms with van der Waals surface area (Å²) >= 11 is 6.47. The van der Waals surface area contributed by atoms with Crippen molar-refractivity contribution < 1.29 is 0 Å². The first-order valence-corrected chi connectivity index (χ1v) is 18.6. The van der Waals surface area contributed by atoms with E-state index in [1.165, 1.54) is 55.2 Å². The van der Waals surface area contributed by atoms with E-state index in [2.05, 4.69) is 155 Å². The van der Waals surface area contributed by atoms with Crippen molar-refractivity contribution in [3.05, 3.63) is 180 Å². The predicted octanol–water partition coefficient (Wildman–Crippen LogP) is 13.1. The molecule has 0 aliphatic heterocycles. The molecular formula is C48H36ClN3. The van der Waals surface area contributed by atoms with E-state index < -0.39 is 0 Å². The first-order chi connectivity index (χ1) is 25.7. The Labute approximate surface area is 308 Å². The van der Waals surface area contributed by atoms with Crippen molar-refractivity contribution in [2.45, 2.75) is 31.6 Å². The molecule has 0 spiro atoms. The smallest absolute Gasteiger partial charge is 0.0788 e. The molecular weight excluding hydrogens is 654 g/mol. The number of fused-ring (bicyclic) bond motifs is 7. The molecule has 4 heteroatoms. The number of hydrogen-bond donors (Lipinski definition) is 0. The van der Waals surface area contributed by atoms with Crippen LogP contribution in [0.25, 0.3) is 72.7 Å². The lowest BCUT2D eigenvalue weighted by Crippen LogP contribution is -2.04. The molecule has 0 bridgehead atoms. The number of allylic oxidation sites excluding steroid dienone is 5. The van der Waals surface area contributed by atoms with Gasteiger partial charge in [0.25, 0.3) is 0 Å². The van der Waals surface area contributed by atoms with Gasteiger partial charge < -0.3 is 9.13 Å². The lowest BCUT2D eigenvalue weighted by Gasteiger charge is -2.17. The molecule has 3 nitrogen and oxygen atoms in total. The van der Waals surface area contributed by atoms with E-state index in [1.807, 2.05) is 18.2 Å². The summed E-state index contributed by atoms with van der Waals surface area (Å²) in [5.74, 6) is 0.318. The maximum absolute atomic E-state index is 6.47. The molecule has 3 heterocycles. The number of halogens is 1. The molecule has 2 aliphatic rings. The zero-order chi connectivity index (χ0) is 34.6. The second-order valence-corrected chi connectivity index (χ2v) is 14.3. The Balaban J connectivity index is 1.17. The number of aromatic nitrogens is 3. The van der Waals surface area contributed by atoms with Gasteiger partial charge in [0.1, 0.15) is 0 Å². The highest BCUT2D eigenvalue weighted by atomic mass is 35.5. The van der Waals surface area contributed by atoms with Crippen molar-refractivity contribution in [2.75, 3.05) is 0 Å². The summed E-state index contributed by atoms with van der Waals surface area (Å²) in [6.07, 6.45) is 17.7. The van der Waals surface area contributed by atoms with Crippen LogP contribution in [0, 0.1) is 0 Å². The molecule has 0 amide bonds. The molecule has 10 rings (SSSR count). The van der Waals surface area contributed by atoms with E-state index >= 15 is 0 Å². The molecule has 0 saturated heterocycles. The van der Waals surface area contributed by atoms with E-state index in [0.29, 0.717) is 10.9 Å². The third-order valence-corrected chi connectivity index (χ3v) is 11.0. The lowest BCUT2D eigenvalue weighted by molar-refractivity contribution is 0.755. The van der Waals surface area contributed by atoms with Gasteiger partial charge in [-0.15, -0.1) is 0 Å². The molecule has 0 radical (unpaired) electrons. The molecule has 5 aromatic carbocycles. The van der Waals surface area contributed by atoms with Crippen LogP contribution in [-0.2, 0) is 6.42 Å². The van der Waals surface area contributed by atoms with E-state index in [1.54, 1.807) is 0 Å². The number of hydrogen-bond acceptors (Lipinski definition) is 1. The van der Waals surface area contributed by atoms with E-state index in [-0.39, 0.29) is 0 Å². The van der Waals surface area contributed by atoms with Crippen molar-refractivity contribution in [3.8, 4) is 33.9 Å². The van der Waals surface area contributed by atoms with Crippen LogP contribution in [0.5, 0.6) is 0 Å². The minimum atomic E-state index is 0.318. The third-order valence-electron chi connectivity index (χ3n) is 10.8. The minimum absolute atomic E-state index is 0.318. The molecule has 0 fully saturated rings. The van der Waals surface area contributed by atoms with Gasteiger partial charge in [0.15, 0.2) is 0 Å². The maximum atomic E-state index is 6.47. The summed E-state index contributed by atoms with van der Waals surface area (Å²) in [6, 6.07) is 45.8. The Morgan fingerprint density at radius 2 is 1.37 bits per heavy atom. The zero-order valence-corrected chi connectivity index (χ0v) is 29.5. The highest BCUT2D eigenvalue weighted by Crippen LogP contribution is 2.42. The van der Waals surface area contributed by atoms with Gasteiger partial charge in [-0.2, -0.15) is 0 Å². The average molecular weight is 690 g/mol. The van der Waals surface area contributed by atoms with Gasteiger partial charge in [0.05, 0.1) is 27.9 Å². The Morgan fingerprint density at radius 1 is 0.596 bits per heavy atom. The van der Waals surface area contributed by atoms with E-state index in [4.69, 9.17) is 16.6 Å². The monoisotopic (exact) mass is 689 g/mol. The van der Waals surface area contributed by atoms with Crippen LogP contribution in [0.3, 0.4) is 0 Å². The first-order valence-electron chi connectivity index (χ1n) is 18.2. The van der Waals surface area contributed by atoms with Crippen LogP contribution < -0.4 is 0 Å². The molecule has 1 atom stereocenters. The number of benzene rings is 5. The normalized spacial score (nSPS) is 15.4. The van der Waals surface area contributed by atoms with Crippen LogP contribution in [0.4, 0.5) is 0 Å². The molecule has 2 aliphatic carbocycles. The second kappa shape index (κ2) is 12.7. The maximum Gasteiger partial charge on any atom is 0.0788 e. The quantitative estimate of drug-likeness (QED) is 0.176. The van der Waals surface area contributed by atoms with E-state index in [0.717, 1.165) is 53.9 Å². The average Bonchev–Trinajstić information content (AvgIpc) is 3.56. The van der Waals surface area contributed by atoms with Crippen molar-refractivity contribution in [1.29, 1.82) is 0 Å². The summed E-state index contributed by atoms with van der Waals surface area (Å²) in [5.41, 5.74) is 14.0. The van der Waals surface area contributed by atoms with Gasteiger partial charge in [0.2, 0.25) is 0 Å². The predicted molar refractivity (Wildman–Crippen MR) is 219 cm³/mol. The summed E-state index contributed by atoms with van der Waals surface area (Å²) < 4.78 is 4.99. The van der Waals surface area contributed by atoms with Gasteiger partial charge in [-0.05, 0) is 85.8 Å². The number of para-hydroxylation sites is 2. The van der Waals surface area contributed by atoms with Crippen LogP contribution >= 0.6 is 11.6 Å². The largest absolute Gasteiger partial charge is 0.311 e. The Bertz CT molecular complexity index is 2740. The molecule has 8 aromatic rings. The van der Waals surface area contributed by atoms with Crippen LogP contribution in [0.2, 0.25) is 5.02 Å². The van der Waals surface area contributed by atoms with E-state index in [9.17, 15) is 0 Å². The van der Waals surface area contributed by atoms with Crippen molar-refractivity contribution in [1.82, 2.24) is 14.1 Å². The number of pyridine rings is 1. The third kappa shape index (κ3) is 5.15. The number of nitrogens with zero attached hydrogens (tertiary/aromatic N) is 3. The van der Waals surface area contributed by atoms with Crippen LogP contribution in [-0.4, -0.2) is 14.1 Å². The Morgan fingerprint density at radius 3 is 2.23 bits per heavy atom. The molecule has 52 heavy (non-hydrogen) atoms. The zero-order valence-electron chi connectivity index (χ0n) is 28.7. The Kier molecular flexibility index (Phi) is 7.54. The Hall–Kier alpha value is -5.90. The number of rotatable bonds is 5. The summed E-state index contributed by atoms with van der Waals surface area (Å²) in [7, 11) is 0. The van der Waals surface area contributed by atoms with Crippen molar-refractivity contribution in [3.63, 3.8) is 0 Å². The minimum Gasteiger partial charge on any atom is -0.311 e. The van der Waals surface area contributed by atoms with Gasteiger partial charge in [-0.1, -0.05) is 121 Å². The molecule has 0 N–H and O–H groups in total. The standard InChI is InChI=1S/C48H36ClN3/c49-36-16-12-15-34(29-36)44-31-35(32-13-4-1-2-5-14-32)30-43(50-44)33-23-25-38(26-24-33)52-46-22-11-9-20-40(46)42-28-27-41-39-19-8-10-21-45(39)51(47(41)48(42)52)37-17-6-3-7-18-37/h1-4,6-10,12-13,15-21,23-32H,5,11,14,22H2. The van der Waals surface area contributed by atoms with Gasteiger partial charge >= 0.3 is 0 Å². The molecule has 250 valence electrons. The van der Waals surface area contributed by atoms with Gasteiger partial charge in [0, 0.05) is 60.9 Å². The van der Waals surface area contributed by atoms with Crippen molar-refractivity contribution >= 4 is 50.4 Å². The molecule has 1 unspecified atom stereocenters. The highest BCUT2D eigenvalue weighted by molar-refractivity contribution is 6.30. The second-order valence-electron chi connectivity index (χ2n) is 13.9. The van der Waals surface area contributed by atoms with Crippen LogP contribution in [0.1, 0.15) is 42.0 Å². The summed E-state index contributed by atoms with van der Waals surface area (Å²) in [4.78, 5) is 5.24. The van der Waals surface area contributed by atoms with Gasteiger partial charge in [-0.3, -0.25) is 0 Å². The highest BCUT2D eigenvalue weighted by Gasteiger charge is 2.24. The molecule has 0 saturated carbocycles. The molecule has 3 aromatic heterocycles. The summed E-state index contributed by atoms with van der Waals surface area (Å²) in [5, 5.41) is 4.53. The lowest BCUT2D eigenvalue weighted by atomic mass is 9.92. The van der Waals surface area contributed by atoms with Crippen LogP contribution in [0.15, 0.2) is 158 Å². The fourth-order valence-corrected chi connectivity index (χ4v) is 8.58. The first kappa shape index (κ1) is 30.9. The van der Waals surface area contributed by atoms with Crippen molar-refractivity contribution in [2.24, 2.45) is 0 Å². The SMILES string of the molecule is Clc1cccc(-c2cc(C3C=CC=CCC3)cc(-c3ccc(-n4c5c(c6ccc7c8ccccc8n(-c8ccccc8)c7c64)C=CCC5)cc3)n2)c1. The fraction of sp³-hybridized carbons (Fsp3) is 0.104.